The van der Waals surface area contributed by atoms with Crippen LogP contribution >= 0.6 is 0 Å². The van der Waals surface area contributed by atoms with E-state index >= 15 is 0 Å². The first-order chi connectivity index (χ1) is 15.1. The van der Waals surface area contributed by atoms with Crippen molar-refractivity contribution in [2.45, 2.75) is 57.9 Å². The second-order valence-corrected chi connectivity index (χ2v) is 8.54. The minimum absolute atomic E-state index is 0.160. The number of rotatable bonds is 7. The first-order valence-electron chi connectivity index (χ1n) is 11.4. The van der Waals surface area contributed by atoms with E-state index in [9.17, 15) is 9.90 Å². The number of nitrogens with zero attached hydrogens (tertiary/aromatic N) is 5. The minimum atomic E-state index is -1.11. The third-order valence-electron chi connectivity index (χ3n) is 6.04. The predicted molar refractivity (Wildman–Crippen MR) is 119 cm³/mol. The maximum Gasteiger partial charge on any atom is 0.231 e. The van der Waals surface area contributed by atoms with Gasteiger partial charge in [0.15, 0.2) is 0 Å². The monoisotopic (exact) mass is 423 g/mol. The van der Waals surface area contributed by atoms with Gasteiger partial charge in [-0.15, -0.1) is 0 Å². The van der Waals surface area contributed by atoms with Gasteiger partial charge in [0.1, 0.15) is 0 Å². The van der Waals surface area contributed by atoms with Crippen molar-refractivity contribution in [1.82, 2.24) is 15.0 Å². The molecule has 1 unspecified atom stereocenters. The number of hydrogen-bond donors (Lipinski definition) is 1. The number of nitrogens with one attached hydrogen (secondary N) is 1. The molecule has 0 aliphatic carbocycles. The molecule has 0 spiro atoms. The predicted octanol–water partition coefficient (Wildman–Crippen LogP) is 2.45. The van der Waals surface area contributed by atoms with E-state index in [1.54, 1.807) is 0 Å². The third-order valence-corrected chi connectivity index (χ3v) is 6.04. The molecule has 31 heavy (non-hydrogen) atoms. The minimum Gasteiger partial charge on any atom is -0.550 e. The Kier molecular flexibility index (Phi) is 6.84. The summed E-state index contributed by atoms with van der Waals surface area (Å²) in [6.45, 7) is 5.74. The Labute approximate surface area is 183 Å². The molecule has 2 saturated heterocycles. The Morgan fingerprint density at radius 1 is 0.903 bits per heavy atom. The summed E-state index contributed by atoms with van der Waals surface area (Å²) in [5.41, 5.74) is 1.99. The molecule has 2 aliphatic rings. The summed E-state index contributed by atoms with van der Waals surface area (Å²) in [7, 11) is 0. The topological polar surface area (TPSA) is 97.3 Å². The number of carbonyl (C=O) groups excluding carboxylic acids is 1. The highest BCUT2D eigenvalue weighted by Crippen LogP contribution is 2.26. The van der Waals surface area contributed by atoms with E-state index in [1.165, 1.54) is 12.8 Å². The van der Waals surface area contributed by atoms with E-state index in [0.717, 1.165) is 63.0 Å². The summed E-state index contributed by atoms with van der Waals surface area (Å²) in [6.07, 6.45) is 6.81. The molecule has 8 heteroatoms. The number of aryl methyl sites for hydroxylation is 1. The van der Waals surface area contributed by atoms with Gasteiger partial charge in [-0.3, -0.25) is 0 Å². The lowest BCUT2D eigenvalue weighted by atomic mass is 10.0. The van der Waals surface area contributed by atoms with E-state index in [4.69, 9.17) is 15.0 Å². The van der Waals surface area contributed by atoms with Crippen molar-refractivity contribution in [3.05, 3.63) is 35.4 Å². The van der Waals surface area contributed by atoms with Gasteiger partial charge in [0, 0.05) is 38.6 Å². The largest absolute Gasteiger partial charge is 0.550 e. The average molecular weight is 424 g/mol. The molecule has 0 amide bonds. The Hall–Kier alpha value is -2.90. The van der Waals surface area contributed by atoms with E-state index in [1.807, 2.05) is 31.2 Å². The zero-order valence-electron chi connectivity index (χ0n) is 18.2. The van der Waals surface area contributed by atoms with Crippen LogP contribution in [0.1, 0.15) is 62.1 Å². The van der Waals surface area contributed by atoms with Gasteiger partial charge in [-0.1, -0.05) is 29.8 Å². The molecular formula is C23H31N6O2-. The summed E-state index contributed by atoms with van der Waals surface area (Å²) in [4.78, 5) is 30.1. The first kappa shape index (κ1) is 21.3. The normalized spacial score (nSPS) is 18.0. The van der Waals surface area contributed by atoms with Gasteiger partial charge in [-0.2, -0.15) is 15.0 Å². The fourth-order valence-electron chi connectivity index (χ4n) is 4.26. The molecule has 2 aromatic rings. The van der Waals surface area contributed by atoms with Gasteiger partial charge in [-0.25, -0.2) is 0 Å². The molecule has 1 atom stereocenters. The fourth-order valence-corrected chi connectivity index (χ4v) is 4.26. The van der Waals surface area contributed by atoms with Gasteiger partial charge in [0.25, 0.3) is 0 Å². The molecule has 1 aromatic heterocycles. The van der Waals surface area contributed by atoms with Gasteiger partial charge >= 0.3 is 0 Å². The molecule has 166 valence electrons. The van der Waals surface area contributed by atoms with Crippen molar-refractivity contribution < 1.29 is 9.90 Å². The summed E-state index contributed by atoms with van der Waals surface area (Å²) < 4.78 is 0. The number of hydrogen-bond acceptors (Lipinski definition) is 8. The Morgan fingerprint density at radius 3 is 1.90 bits per heavy atom. The molecule has 0 saturated carbocycles. The summed E-state index contributed by atoms with van der Waals surface area (Å²) in [5.74, 6) is 0.658. The van der Waals surface area contributed by atoms with Crippen LogP contribution in [0.4, 0.5) is 17.8 Å². The van der Waals surface area contributed by atoms with Crippen molar-refractivity contribution in [3.8, 4) is 0 Å². The van der Waals surface area contributed by atoms with E-state index < -0.39 is 12.0 Å². The lowest BCUT2D eigenvalue weighted by Gasteiger charge is -2.30. The maximum absolute atomic E-state index is 11.4. The smallest absolute Gasteiger partial charge is 0.231 e. The Balaban J connectivity index is 1.65. The average Bonchev–Trinajstić information content (AvgIpc) is 2.80. The number of carboxylic acid groups (broad SMARTS) is 1. The van der Waals surface area contributed by atoms with Gasteiger partial charge in [0.05, 0.1) is 6.04 Å². The number of anilines is 3. The van der Waals surface area contributed by atoms with Crippen molar-refractivity contribution in [2.24, 2.45) is 0 Å². The van der Waals surface area contributed by atoms with Crippen LogP contribution < -0.4 is 20.2 Å². The number of piperidine rings is 2. The summed E-state index contributed by atoms with van der Waals surface area (Å²) >= 11 is 0. The molecule has 8 nitrogen and oxygen atoms in total. The number of aromatic nitrogens is 3. The number of benzene rings is 1. The van der Waals surface area contributed by atoms with Crippen LogP contribution in [-0.4, -0.2) is 47.1 Å². The zero-order chi connectivity index (χ0) is 21.6. The van der Waals surface area contributed by atoms with Crippen LogP contribution in [-0.2, 0) is 4.79 Å². The fraction of sp³-hybridized carbons (Fsp3) is 0.565. The van der Waals surface area contributed by atoms with Crippen LogP contribution in [0.25, 0.3) is 0 Å². The number of carboxylic acids is 1. The van der Waals surface area contributed by atoms with Crippen molar-refractivity contribution in [3.63, 3.8) is 0 Å². The SMILES string of the molecule is Cc1ccc(C(CC(=O)[O-])Nc2nc(N3CCCCC3)nc(N3CCCCC3)n2)cc1. The van der Waals surface area contributed by atoms with Crippen molar-refractivity contribution in [2.75, 3.05) is 41.3 Å². The van der Waals surface area contributed by atoms with Crippen molar-refractivity contribution >= 4 is 23.8 Å². The third kappa shape index (κ3) is 5.62. The summed E-state index contributed by atoms with van der Waals surface area (Å²) in [5, 5.41) is 14.7. The van der Waals surface area contributed by atoms with Crippen LogP contribution in [0.15, 0.2) is 24.3 Å². The van der Waals surface area contributed by atoms with E-state index in [0.29, 0.717) is 17.8 Å². The second-order valence-electron chi connectivity index (χ2n) is 8.54. The van der Waals surface area contributed by atoms with Crippen LogP contribution in [0.5, 0.6) is 0 Å². The Morgan fingerprint density at radius 2 is 1.42 bits per heavy atom. The molecule has 0 bridgehead atoms. The maximum atomic E-state index is 11.4. The molecule has 2 fully saturated rings. The number of carbonyl (C=O) groups is 1. The highest BCUT2D eigenvalue weighted by molar-refractivity contribution is 5.66. The Bertz CT molecular complexity index is 840. The van der Waals surface area contributed by atoms with Crippen LogP contribution in [0.3, 0.4) is 0 Å². The molecule has 4 rings (SSSR count). The van der Waals surface area contributed by atoms with Gasteiger partial charge < -0.3 is 25.0 Å². The number of aliphatic carboxylic acids is 1. The van der Waals surface area contributed by atoms with E-state index in [-0.39, 0.29) is 6.42 Å². The highest BCUT2D eigenvalue weighted by atomic mass is 16.4. The molecule has 2 aliphatic heterocycles. The van der Waals surface area contributed by atoms with Crippen LogP contribution in [0.2, 0.25) is 0 Å². The quantitative estimate of drug-likeness (QED) is 0.725. The van der Waals surface area contributed by atoms with Crippen molar-refractivity contribution in [1.29, 1.82) is 0 Å². The van der Waals surface area contributed by atoms with Gasteiger partial charge in [-0.05, 0) is 51.0 Å². The molecule has 0 radical (unpaired) electrons. The molecular weight excluding hydrogens is 392 g/mol. The molecule has 3 heterocycles. The molecule has 1 aromatic carbocycles. The second kappa shape index (κ2) is 9.94. The highest BCUT2D eigenvalue weighted by Gasteiger charge is 2.22. The lowest BCUT2D eigenvalue weighted by Crippen LogP contribution is -2.35. The zero-order valence-corrected chi connectivity index (χ0v) is 18.2. The lowest BCUT2D eigenvalue weighted by molar-refractivity contribution is -0.306. The van der Waals surface area contributed by atoms with Crippen LogP contribution in [0, 0.1) is 6.92 Å². The standard InChI is InChI=1S/C23H32N6O2/c1-17-8-10-18(11-9-17)19(16-20(30)31)24-21-25-22(28-12-4-2-5-13-28)27-23(26-21)29-14-6-3-7-15-29/h8-11,19H,2-7,12-16H2,1H3,(H,30,31)(H,24,25,26,27)/p-1. The van der Waals surface area contributed by atoms with Gasteiger partial charge in [0.2, 0.25) is 17.8 Å². The first-order valence-corrected chi connectivity index (χ1v) is 11.4. The van der Waals surface area contributed by atoms with E-state index in [2.05, 4.69) is 15.1 Å². The summed E-state index contributed by atoms with van der Waals surface area (Å²) in [6, 6.07) is 7.36. The molecule has 1 N–H and O–H groups in total.